The second-order valence-electron chi connectivity index (χ2n) is 11.4. The molecule has 174 valence electrons. The highest BCUT2D eigenvalue weighted by Gasteiger charge is 2.24. The molecule has 3 rings (SSSR count). The van der Waals surface area contributed by atoms with E-state index in [0.29, 0.717) is 17.3 Å². The monoisotopic (exact) mass is 441 g/mol. The predicted molar refractivity (Wildman–Crippen MR) is 144 cm³/mol. The second kappa shape index (κ2) is 9.51. The summed E-state index contributed by atoms with van der Waals surface area (Å²) in [7, 11) is 0. The van der Waals surface area contributed by atoms with Crippen LogP contribution in [0.5, 0.6) is 0 Å². The summed E-state index contributed by atoms with van der Waals surface area (Å²) in [6.07, 6.45) is 4.16. The van der Waals surface area contributed by atoms with Crippen molar-refractivity contribution in [2.45, 2.75) is 66.2 Å². The fourth-order valence-electron chi connectivity index (χ4n) is 3.79. The van der Waals surface area contributed by atoms with E-state index in [2.05, 4.69) is 121 Å². The van der Waals surface area contributed by atoms with Crippen molar-refractivity contribution in [2.75, 3.05) is 6.54 Å². The molecule has 0 unspecified atom stereocenters. The largest absolute Gasteiger partial charge is 0.309 e. The van der Waals surface area contributed by atoms with Gasteiger partial charge in [0.2, 0.25) is 0 Å². The van der Waals surface area contributed by atoms with E-state index in [0.717, 1.165) is 28.8 Å². The van der Waals surface area contributed by atoms with Crippen LogP contribution in [0.1, 0.15) is 77.6 Å². The molecule has 0 fully saturated rings. The Balaban J connectivity index is 2.02. The summed E-state index contributed by atoms with van der Waals surface area (Å²) in [4.78, 5) is 0. The standard InChI is InChI=1S/C30H39N3/c1-20(2)19-32-33-28-26(22-11-15-24(16-12-22)30(6,7)8)18-17-25(27(28)31)21-9-13-23(14-10-21)29(3,4)5/h9-18,20,31-32H,19H2,1-8H3/b31-27?,33-28-. The first-order chi connectivity index (χ1) is 15.4. The van der Waals surface area contributed by atoms with Gasteiger partial charge in [0.25, 0.3) is 0 Å². The van der Waals surface area contributed by atoms with E-state index in [-0.39, 0.29) is 10.8 Å². The third-order valence-corrected chi connectivity index (χ3v) is 5.99. The highest BCUT2D eigenvalue weighted by atomic mass is 15.3. The molecule has 2 aromatic carbocycles. The minimum absolute atomic E-state index is 0.104. The molecule has 1 aliphatic rings. The molecule has 0 bridgehead atoms. The molecule has 0 atom stereocenters. The van der Waals surface area contributed by atoms with Gasteiger partial charge in [-0.05, 0) is 39.0 Å². The van der Waals surface area contributed by atoms with Gasteiger partial charge in [-0.25, -0.2) is 0 Å². The maximum absolute atomic E-state index is 9.04. The van der Waals surface area contributed by atoms with E-state index < -0.39 is 0 Å². The van der Waals surface area contributed by atoms with Gasteiger partial charge in [0.05, 0.1) is 5.71 Å². The van der Waals surface area contributed by atoms with Gasteiger partial charge < -0.3 is 5.43 Å². The van der Waals surface area contributed by atoms with Crippen molar-refractivity contribution in [3.63, 3.8) is 0 Å². The van der Waals surface area contributed by atoms with E-state index in [1.54, 1.807) is 0 Å². The van der Waals surface area contributed by atoms with Crippen LogP contribution in [-0.4, -0.2) is 18.0 Å². The van der Waals surface area contributed by atoms with E-state index in [1.165, 1.54) is 11.1 Å². The van der Waals surface area contributed by atoms with Crippen molar-refractivity contribution in [1.29, 1.82) is 5.41 Å². The van der Waals surface area contributed by atoms with E-state index in [1.807, 2.05) is 0 Å². The number of allylic oxidation sites excluding steroid dienone is 4. The van der Waals surface area contributed by atoms with Gasteiger partial charge in [0.15, 0.2) is 0 Å². The summed E-state index contributed by atoms with van der Waals surface area (Å²) in [6.45, 7) is 18.4. The quantitative estimate of drug-likeness (QED) is 0.369. The highest BCUT2D eigenvalue weighted by molar-refractivity contribution is 6.69. The zero-order valence-electron chi connectivity index (χ0n) is 21.5. The van der Waals surface area contributed by atoms with Crippen molar-refractivity contribution in [1.82, 2.24) is 5.43 Å². The number of hydrazone groups is 1. The molecule has 0 amide bonds. The molecule has 3 heteroatoms. The molecule has 1 aliphatic carbocycles. The molecule has 0 saturated carbocycles. The molecule has 3 nitrogen and oxygen atoms in total. The van der Waals surface area contributed by atoms with Crippen molar-refractivity contribution in [3.8, 4) is 0 Å². The zero-order valence-corrected chi connectivity index (χ0v) is 21.5. The SMILES string of the molecule is CC(C)CN/N=C1\C(=N)C(c2ccc(C(C)(C)C)cc2)=CC=C1c1ccc(C(C)(C)C)cc1. The number of hydrogen-bond acceptors (Lipinski definition) is 3. The molecule has 33 heavy (non-hydrogen) atoms. The lowest BCUT2D eigenvalue weighted by atomic mass is 9.82. The third kappa shape index (κ3) is 5.90. The van der Waals surface area contributed by atoms with Crippen LogP contribution < -0.4 is 5.43 Å². The number of hydrogen-bond donors (Lipinski definition) is 2. The summed E-state index contributed by atoms with van der Waals surface area (Å²) in [5.74, 6) is 0.477. The maximum Gasteiger partial charge on any atom is 0.116 e. The van der Waals surface area contributed by atoms with Gasteiger partial charge in [0.1, 0.15) is 5.71 Å². The van der Waals surface area contributed by atoms with E-state index in [4.69, 9.17) is 10.5 Å². The molecular weight excluding hydrogens is 402 g/mol. The first-order valence-corrected chi connectivity index (χ1v) is 11.9. The number of rotatable bonds is 5. The fourth-order valence-corrected chi connectivity index (χ4v) is 3.79. The predicted octanol–water partition coefficient (Wildman–Crippen LogP) is 7.38. The Kier molecular flexibility index (Phi) is 7.11. The van der Waals surface area contributed by atoms with Crippen LogP contribution in [-0.2, 0) is 10.8 Å². The van der Waals surface area contributed by atoms with Gasteiger partial charge in [-0.2, -0.15) is 5.10 Å². The first kappa shape index (κ1) is 24.7. The van der Waals surface area contributed by atoms with Crippen LogP contribution in [0.15, 0.2) is 65.8 Å². The average Bonchev–Trinajstić information content (AvgIpc) is 2.73. The van der Waals surface area contributed by atoms with Gasteiger partial charge in [-0.15, -0.1) is 0 Å². The van der Waals surface area contributed by atoms with Gasteiger partial charge >= 0.3 is 0 Å². The van der Waals surface area contributed by atoms with Crippen LogP contribution in [0.4, 0.5) is 0 Å². The minimum Gasteiger partial charge on any atom is -0.309 e. The smallest absolute Gasteiger partial charge is 0.116 e. The van der Waals surface area contributed by atoms with Crippen LogP contribution in [0.25, 0.3) is 11.1 Å². The summed E-state index contributed by atoms with van der Waals surface area (Å²) in [5.41, 5.74) is 11.1. The van der Waals surface area contributed by atoms with Gasteiger partial charge in [-0.1, -0.05) is 116 Å². The van der Waals surface area contributed by atoms with E-state index in [9.17, 15) is 0 Å². The van der Waals surface area contributed by atoms with Gasteiger partial charge in [-0.3, -0.25) is 5.41 Å². The topological polar surface area (TPSA) is 48.2 Å². The van der Waals surface area contributed by atoms with Crippen LogP contribution in [0.3, 0.4) is 0 Å². The van der Waals surface area contributed by atoms with Crippen molar-refractivity contribution in [3.05, 3.63) is 82.9 Å². The first-order valence-electron chi connectivity index (χ1n) is 11.9. The van der Waals surface area contributed by atoms with Crippen LogP contribution >= 0.6 is 0 Å². The Morgan fingerprint density at radius 3 is 1.58 bits per heavy atom. The Morgan fingerprint density at radius 2 is 1.15 bits per heavy atom. The molecule has 0 radical (unpaired) electrons. The fraction of sp³-hybridized carbons (Fsp3) is 0.400. The molecule has 0 saturated heterocycles. The van der Waals surface area contributed by atoms with Crippen molar-refractivity contribution in [2.24, 2.45) is 11.0 Å². The molecule has 2 N–H and O–H groups in total. The molecular formula is C30H39N3. The number of nitrogens with zero attached hydrogens (tertiary/aromatic N) is 1. The average molecular weight is 442 g/mol. The summed E-state index contributed by atoms with van der Waals surface area (Å²) in [6, 6.07) is 17.2. The zero-order chi connectivity index (χ0) is 24.4. The van der Waals surface area contributed by atoms with Crippen LogP contribution in [0, 0.1) is 11.3 Å². The summed E-state index contributed by atoms with van der Waals surface area (Å²) >= 11 is 0. The lowest BCUT2D eigenvalue weighted by Gasteiger charge is -2.23. The number of benzene rings is 2. The summed E-state index contributed by atoms with van der Waals surface area (Å²) in [5, 5.41) is 13.7. The normalized spacial score (nSPS) is 16.2. The Hall–Kier alpha value is -2.94. The Labute approximate surface area is 200 Å². The van der Waals surface area contributed by atoms with Gasteiger partial charge in [0, 0.05) is 17.7 Å². The summed E-state index contributed by atoms with van der Waals surface area (Å²) < 4.78 is 0. The van der Waals surface area contributed by atoms with Crippen LogP contribution in [0.2, 0.25) is 0 Å². The molecule has 0 aromatic heterocycles. The Morgan fingerprint density at radius 1 is 0.727 bits per heavy atom. The molecule has 0 spiro atoms. The maximum atomic E-state index is 9.04. The Bertz CT molecular complexity index is 1080. The highest BCUT2D eigenvalue weighted by Crippen LogP contribution is 2.31. The lowest BCUT2D eigenvalue weighted by Crippen LogP contribution is -2.25. The third-order valence-electron chi connectivity index (χ3n) is 5.99. The lowest BCUT2D eigenvalue weighted by molar-refractivity contribution is 0.571. The minimum atomic E-state index is 0.104. The second-order valence-corrected chi connectivity index (χ2v) is 11.4. The van der Waals surface area contributed by atoms with Crippen molar-refractivity contribution >= 4 is 22.6 Å². The van der Waals surface area contributed by atoms with E-state index >= 15 is 0 Å². The van der Waals surface area contributed by atoms with Crippen molar-refractivity contribution < 1.29 is 0 Å². The molecule has 2 aromatic rings. The molecule has 0 aliphatic heterocycles. The molecule has 0 heterocycles. The number of nitrogens with one attached hydrogen (secondary N) is 2.